The Hall–Kier alpha value is -9.14. The van der Waals surface area contributed by atoms with Crippen LogP contribution in [0.15, 0.2) is 151 Å². The van der Waals surface area contributed by atoms with Crippen LogP contribution in [0.5, 0.6) is 5.75 Å². The number of rotatable bonds is 40. The predicted octanol–water partition coefficient (Wildman–Crippen LogP) is 18.7. The van der Waals surface area contributed by atoms with Crippen LogP contribution in [0, 0.1) is 35.5 Å². The number of hydrogen-bond acceptors (Lipinski definition) is 16. The summed E-state index contributed by atoms with van der Waals surface area (Å²) in [6.07, 6.45) is 4.74. The molecule has 3 heterocycles. The molecular formula is C96H149N13O10S. The highest BCUT2D eigenvalue weighted by Gasteiger charge is 2.30. The number of aromatic amines is 2. The fourth-order valence-electron chi connectivity index (χ4n) is 13.4. The van der Waals surface area contributed by atoms with Crippen molar-refractivity contribution in [2.45, 2.75) is 247 Å². The number of aliphatic carboxylic acids is 2. The minimum Gasteiger partial charge on any atom is -0.508 e. The molecule has 0 radical (unpaired) electrons. The lowest BCUT2D eigenvalue weighted by Gasteiger charge is -2.33. The molecule has 664 valence electrons. The molecule has 0 aliphatic carbocycles. The number of phenolic OH excluding ortho intramolecular Hbond substituents is 1. The average Bonchev–Trinajstić information content (AvgIpc) is 1.66. The molecule has 8 aromatic rings. The zero-order chi connectivity index (χ0) is 90.0. The zero-order valence-corrected chi connectivity index (χ0v) is 77.7. The van der Waals surface area contributed by atoms with Crippen molar-refractivity contribution >= 4 is 68.7 Å². The van der Waals surface area contributed by atoms with Gasteiger partial charge in [-0.15, -0.1) is 11.3 Å². The van der Waals surface area contributed by atoms with E-state index in [4.69, 9.17) is 10.2 Å². The van der Waals surface area contributed by atoms with Crippen molar-refractivity contribution in [2.75, 3.05) is 69.5 Å². The maximum atomic E-state index is 12.2. The van der Waals surface area contributed by atoms with E-state index < -0.39 is 23.9 Å². The van der Waals surface area contributed by atoms with Gasteiger partial charge in [-0.05, 0) is 185 Å². The fraction of sp³-hybridized carbons (Fsp3) is 0.542. The van der Waals surface area contributed by atoms with Crippen molar-refractivity contribution in [3.05, 3.63) is 185 Å². The molecule has 0 aliphatic rings. The number of para-hydroxylation sites is 2. The van der Waals surface area contributed by atoms with Gasteiger partial charge in [0.05, 0.1) is 54.9 Å². The number of aromatic hydroxyl groups is 1. The minimum atomic E-state index is -1.05. The summed E-state index contributed by atoms with van der Waals surface area (Å²) in [6.45, 7) is 62.3. The first kappa shape index (κ1) is 105. The lowest BCUT2D eigenvalue weighted by Crippen LogP contribution is -2.45. The molecule has 2 atom stereocenters. The van der Waals surface area contributed by atoms with Crippen molar-refractivity contribution in [2.24, 2.45) is 35.5 Å². The van der Waals surface area contributed by atoms with E-state index in [0.29, 0.717) is 83.2 Å². The number of hydrogen-bond donors (Lipinski definition) is 9. The second kappa shape index (κ2) is 55.0. The Labute approximate surface area is 722 Å². The average molecular weight is 1680 g/mol. The molecule has 0 aliphatic heterocycles. The summed E-state index contributed by atoms with van der Waals surface area (Å²) in [5.74, 6) is 0.574. The SMILES string of the molecule is CC(C)CN(C(C)C)C(C(=O)O)c1ccccc1.CC(C)CN(CC(=O)N[C@@H](C)Cc1ccc(O)cc1)C(C)C.CC(C)CN(CC(=O)Nc1ccccc1C(=O)O)C(C)C.CC(C)CN(CC(=O)Nc1nc(CC(=O)O)cs1)C(C)C.CC(C)CN(Cc1c[nH]c2ccccc12)C(C)C.CC(C)CN(Cc1cn[nH]c1-c1ccccc1)C(C)C. The van der Waals surface area contributed by atoms with Crippen LogP contribution in [-0.2, 0) is 49.9 Å². The monoisotopic (exact) mass is 1680 g/mol. The van der Waals surface area contributed by atoms with Crippen LogP contribution >= 0.6 is 11.3 Å². The van der Waals surface area contributed by atoms with E-state index in [1.807, 2.05) is 94.2 Å². The van der Waals surface area contributed by atoms with Crippen molar-refractivity contribution < 1.29 is 49.2 Å². The third-order valence-corrected chi connectivity index (χ3v) is 20.1. The number of benzene rings is 5. The van der Waals surface area contributed by atoms with Crippen LogP contribution in [0.2, 0.25) is 0 Å². The van der Waals surface area contributed by atoms with E-state index in [1.54, 1.807) is 35.7 Å². The summed E-state index contributed by atoms with van der Waals surface area (Å²) in [7, 11) is 0. The van der Waals surface area contributed by atoms with Gasteiger partial charge in [-0.25, -0.2) is 9.78 Å². The standard InChI is InChI=1S/C18H30N2O2.C17H25N3.C16H24N2O3.C16H24N2.C15H23NO2.C14H23N3O3S/c1-13(2)11-20(14(3)4)12-18(22)19-15(5)10-16-6-8-17(21)9-7-16;1-13(2)11-20(14(3)4)12-16-10-18-19-17(16)15-8-6-5-7-9-15;1-11(2)9-18(12(3)4)10-15(19)17-14-8-6-5-7-13(14)16(20)21;1-12(2)10-18(13(3)4)11-14-9-17-16-8-6-5-7-15(14)16;1-11(2)10-16(12(3)4)14(15(17)18)13-8-6-5-7-9-13;1-9(2)6-17(10(3)4)7-12(18)16-14-15-11(8-21-14)5-13(19)20/h6-9,13-15,21H,10-12H2,1-5H3,(H,19,22);5-10,13-14H,11-12H2,1-4H3,(H,18,19);5-8,11-12H,9-10H2,1-4H3,(H,17,19)(H,20,21);5-9,12-13,17H,10-11H2,1-4H3;5-9,11-12,14H,10H2,1-4H3,(H,17,18);8-10H,5-7H2,1-4H3,(H,19,20)(H,15,16,18)/t15-;;;;;/m0...../s1. The number of thiazole rings is 1. The molecule has 0 spiro atoms. The Kier molecular flexibility index (Phi) is 48.1. The Balaban J connectivity index is 0.000000373. The van der Waals surface area contributed by atoms with Crippen LogP contribution in [0.3, 0.4) is 0 Å². The van der Waals surface area contributed by atoms with Crippen molar-refractivity contribution in [1.82, 2.24) is 54.9 Å². The Morgan fingerprint density at radius 3 is 1.38 bits per heavy atom. The maximum Gasteiger partial charge on any atom is 0.337 e. The number of carbonyl (C=O) groups is 6. The highest BCUT2D eigenvalue weighted by Crippen LogP contribution is 2.27. The molecule has 9 N–H and O–H groups in total. The van der Waals surface area contributed by atoms with Gasteiger partial charge < -0.3 is 41.4 Å². The van der Waals surface area contributed by atoms with Gasteiger partial charge in [0.1, 0.15) is 11.8 Å². The number of aromatic nitrogens is 4. The van der Waals surface area contributed by atoms with E-state index in [9.17, 15) is 39.0 Å². The predicted molar refractivity (Wildman–Crippen MR) is 495 cm³/mol. The van der Waals surface area contributed by atoms with E-state index in [-0.39, 0.29) is 66.2 Å². The maximum absolute atomic E-state index is 12.2. The molecule has 23 nitrogen and oxygen atoms in total. The van der Waals surface area contributed by atoms with Gasteiger partial charge in [-0.1, -0.05) is 186 Å². The van der Waals surface area contributed by atoms with Crippen LogP contribution in [0.1, 0.15) is 217 Å². The van der Waals surface area contributed by atoms with Gasteiger partial charge in [0, 0.05) is 123 Å². The highest BCUT2D eigenvalue weighted by molar-refractivity contribution is 7.14. The summed E-state index contributed by atoms with van der Waals surface area (Å²) in [4.78, 5) is 90.6. The number of nitrogens with one attached hydrogen (secondary N) is 5. The molecule has 0 fully saturated rings. The van der Waals surface area contributed by atoms with Gasteiger partial charge in [-0.2, -0.15) is 5.10 Å². The van der Waals surface area contributed by atoms with Crippen LogP contribution in [0.25, 0.3) is 22.2 Å². The van der Waals surface area contributed by atoms with Crippen LogP contribution in [-0.4, -0.2) is 207 Å². The first-order chi connectivity index (χ1) is 56.4. The zero-order valence-electron chi connectivity index (χ0n) is 76.9. The van der Waals surface area contributed by atoms with E-state index >= 15 is 0 Å². The first-order valence-corrected chi connectivity index (χ1v) is 43.8. The minimum absolute atomic E-state index is 0.0700. The highest BCUT2D eigenvalue weighted by atomic mass is 32.1. The summed E-state index contributed by atoms with van der Waals surface area (Å²) in [5.41, 5.74) is 9.10. The summed E-state index contributed by atoms with van der Waals surface area (Å²) >= 11 is 1.24. The smallest absolute Gasteiger partial charge is 0.337 e. The number of fused-ring (bicyclic) bond motifs is 1. The summed E-state index contributed by atoms with van der Waals surface area (Å²) < 4.78 is 0. The molecule has 8 rings (SSSR count). The molecule has 0 bridgehead atoms. The van der Waals surface area contributed by atoms with Crippen molar-refractivity contribution in [3.8, 4) is 17.0 Å². The third-order valence-electron chi connectivity index (χ3n) is 19.3. The number of H-pyrrole nitrogens is 2. The largest absolute Gasteiger partial charge is 0.508 e. The number of aromatic carboxylic acids is 1. The van der Waals surface area contributed by atoms with E-state index in [2.05, 4.69) is 254 Å². The van der Waals surface area contributed by atoms with Gasteiger partial charge in [0.2, 0.25) is 17.7 Å². The number of carboxylic acid groups (broad SMARTS) is 3. The van der Waals surface area contributed by atoms with E-state index in [1.165, 1.54) is 45.0 Å². The summed E-state index contributed by atoms with van der Waals surface area (Å²) in [5, 5.41) is 55.9. The first-order valence-electron chi connectivity index (χ1n) is 43.0. The molecule has 0 saturated heterocycles. The second-order valence-corrected chi connectivity index (χ2v) is 36.3. The van der Waals surface area contributed by atoms with Gasteiger partial charge in [0.25, 0.3) is 0 Å². The molecule has 0 saturated carbocycles. The second-order valence-electron chi connectivity index (χ2n) is 35.4. The van der Waals surface area contributed by atoms with Gasteiger partial charge in [-0.3, -0.25) is 58.5 Å². The normalized spacial score (nSPS) is 12.1. The molecule has 3 aromatic heterocycles. The van der Waals surface area contributed by atoms with Crippen molar-refractivity contribution in [3.63, 3.8) is 0 Å². The molecule has 120 heavy (non-hydrogen) atoms. The number of carboxylic acids is 3. The topological polar surface area (TPSA) is 296 Å². The van der Waals surface area contributed by atoms with Crippen molar-refractivity contribution in [1.29, 1.82) is 0 Å². The lowest BCUT2D eigenvalue weighted by molar-refractivity contribution is -0.145. The molecule has 3 amide bonds. The number of phenols is 1. The molecule has 5 aromatic carbocycles. The fourth-order valence-corrected chi connectivity index (χ4v) is 14.1. The quantitative estimate of drug-likeness (QED) is 0.0172. The number of carbonyl (C=O) groups excluding carboxylic acids is 3. The van der Waals surface area contributed by atoms with Crippen LogP contribution < -0.4 is 16.0 Å². The lowest BCUT2D eigenvalue weighted by atomic mass is 10.0. The van der Waals surface area contributed by atoms with E-state index in [0.717, 1.165) is 75.6 Å². The van der Waals surface area contributed by atoms with Gasteiger partial charge in [0.15, 0.2) is 5.13 Å². The number of nitrogens with zero attached hydrogens (tertiary/aromatic N) is 8. The number of anilines is 2. The number of amides is 3. The Morgan fingerprint density at radius 2 is 0.908 bits per heavy atom. The Morgan fingerprint density at radius 1 is 0.467 bits per heavy atom. The Bertz CT molecular complexity index is 4210. The van der Waals surface area contributed by atoms with Gasteiger partial charge >= 0.3 is 17.9 Å². The molecular weight excluding hydrogens is 1530 g/mol. The molecule has 1 unspecified atom stereocenters. The molecule has 24 heteroatoms. The van der Waals surface area contributed by atoms with Crippen LogP contribution in [0.4, 0.5) is 10.8 Å². The summed E-state index contributed by atoms with van der Waals surface area (Å²) in [6, 6.07) is 43.7. The third kappa shape index (κ3) is 41.4.